The SMILES string of the molecule is CN=C(NCCNS(=O)(=O)c1cc(C)ccc1C)NCc1ccnn1C.I. The van der Waals surface area contributed by atoms with Crippen molar-refractivity contribution in [3.05, 3.63) is 47.3 Å². The van der Waals surface area contributed by atoms with Crippen LogP contribution < -0.4 is 15.4 Å². The highest BCUT2D eigenvalue weighted by Crippen LogP contribution is 2.16. The molecule has 0 spiro atoms. The zero-order valence-corrected chi connectivity index (χ0v) is 19.1. The van der Waals surface area contributed by atoms with E-state index in [-0.39, 0.29) is 30.5 Å². The van der Waals surface area contributed by atoms with Crippen LogP contribution in [-0.4, -0.2) is 44.3 Å². The molecule has 0 atom stereocenters. The molecule has 0 unspecified atom stereocenters. The van der Waals surface area contributed by atoms with Gasteiger partial charge in [-0.25, -0.2) is 13.1 Å². The number of halogens is 1. The summed E-state index contributed by atoms with van der Waals surface area (Å²) in [5.41, 5.74) is 2.65. The largest absolute Gasteiger partial charge is 0.355 e. The van der Waals surface area contributed by atoms with Crippen LogP contribution in [0.25, 0.3) is 0 Å². The normalized spacial score (nSPS) is 11.8. The first kappa shape index (κ1) is 23.4. The second kappa shape index (κ2) is 10.6. The number of aliphatic imine (C=N–C) groups is 1. The molecule has 0 aliphatic heterocycles. The number of nitrogens with one attached hydrogen (secondary N) is 3. The van der Waals surface area contributed by atoms with E-state index in [2.05, 4.69) is 25.4 Å². The lowest BCUT2D eigenvalue weighted by atomic mass is 10.2. The summed E-state index contributed by atoms with van der Waals surface area (Å²) in [6.45, 7) is 4.90. The fourth-order valence-electron chi connectivity index (χ4n) is 2.41. The summed E-state index contributed by atoms with van der Waals surface area (Å²) in [5, 5.41) is 10.3. The predicted octanol–water partition coefficient (Wildman–Crippen LogP) is 1.30. The number of nitrogens with zero attached hydrogens (tertiary/aromatic N) is 3. The summed E-state index contributed by atoms with van der Waals surface area (Å²) in [6, 6.07) is 7.30. The first-order valence-corrected chi connectivity index (χ1v) is 9.80. The van der Waals surface area contributed by atoms with Crippen LogP contribution in [0.3, 0.4) is 0 Å². The average Bonchev–Trinajstić information content (AvgIpc) is 3.01. The van der Waals surface area contributed by atoms with E-state index in [9.17, 15) is 8.42 Å². The molecule has 1 heterocycles. The molecule has 0 saturated heterocycles. The lowest BCUT2D eigenvalue weighted by molar-refractivity contribution is 0.579. The van der Waals surface area contributed by atoms with Gasteiger partial charge < -0.3 is 10.6 Å². The van der Waals surface area contributed by atoms with Gasteiger partial charge in [-0.05, 0) is 37.1 Å². The molecular formula is C17H27IN6O2S. The summed E-state index contributed by atoms with van der Waals surface area (Å²) in [6.07, 6.45) is 1.73. The van der Waals surface area contributed by atoms with Crippen LogP contribution in [0, 0.1) is 13.8 Å². The Morgan fingerprint density at radius 2 is 1.93 bits per heavy atom. The van der Waals surface area contributed by atoms with Gasteiger partial charge in [0.1, 0.15) is 0 Å². The third kappa shape index (κ3) is 6.78. The fourth-order valence-corrected chi connectivity index (χ4v) is 3.77. The highest BCUT2D eigenvalue weighted by atomic mass is 127. The highest BCUT2D eigenvalue weighted by molar-refractivity contribution is 14.0. The van der Waals surface area contributed by atoms with Crippen LogP contribution >= 0.6 is 24.0 Å². The van der Waals surface area contributed by atoms with Crippen molar-refractivity contribution in [2.24, 2.45) is 12.0 Å². The van der Waals surface area contributed by atoms with E-state index < -0.39 is 10.0 Å². The minimum Gasteiger partial charge on any atom is -0.355 e. The van der Waals surface area contributed by atoms with E-state index in [0.717, 1.165) is 16.8 Å². The fraction of sp³-hybridized carbons (Fsp3) is 0.412. The lowest BCUT2D eigenvalue weighted by Crippen LogP contribution is -2.41. The first-order valence-electron chi connectivity index (χ1n) is 8.32. The van der Waals surface area contributed by atoms with Crippen LogP contribution in [-0.2, 0) is 23.6 Å². The minimum atomic E-state index is -3.53. The number of hydrogen-bond donors (Lipinski definition) is 3. The van der Waals surface area contributed by atoms with Gasteiger partial charge in [-0.2, -0.15) is 5.10 Å². The van der Waals surface area contributed by atoms with Crippen LogP contribution in [0.15, 0.2) is 40.4 Å². The summed E-state index contributed by atoms with van der Waals surface area (Å²) < 4.78 is 29.3. The topological polar surface area (TPSA) is 100 Å². The third-order valence-electron chi connectivity index (χ3n) is 3.93. The second-order valence-electron chi connectivity index (χ2n) is 5.97. The lowest BCUT2D eigenvalue weighted by Gasteiger charge is -2.13. The molecule has 0 bridgehead atoms. The van der Waals surface area contributed by atoms with Crippen molar-refractivity contribution in [1.29, 1.82) is 0 Å². The Balaban J connectivity index is 0.00000364. The van der Waals surface area contributed by atoms with Gasteiger partial charge in [0.2, 0.25) is 10.0 Å². The monoisotopic (exact) mass is 506 g/mol. The van der Waals surface area contributed by atoms with E-state index in [1.165, 1.54) is 0 Å². The first-order chi connectivity index (χ1) is 12.3. The molecule has 150 valence electrons. The number of hydrogen-bond acceptors (Lipinski definition) is 4. The number of aryl methyl sites for hydroxylation is 3. The summed E-state index contributed by atoms with van der Waals surface area (Å²) in [5.74, 6) is 0.595. The molecule has 3 N–H and O–H groups in total. The molecule has 1 aromatic heterocycles. The van der Waals surface area contributed by atoms with Gasteiger partial charge in [0.05, 0.1) is 17.1 Å². The number of benzene rings is 1. The molecule has 0 aliphatic carbocycles. The molecule has 27 heavy (non-hydrogen) atoms. The van der Waals surface area contributed by atoms with Crippen molar-refractivity contribution < 1.29 is 8.42 Å². The van der Waals surface area contributed by atoms with Gasteiger partial charge in [-0.3, -0.25) is 9.67 Å². The number of guanidine groups is 1. The quantitative estimate of drug-likeness (QED) is 0.228. The Morgan fingerprint density at radius 3 is 2.56 bits per heavy atom. The van der Waals surface area contributed by atoms with Crippen LogP contribution in [0.2, 0.25) is 0 Å². The van der Waals surface area contributed by atoms with Gasteiger partial charge in [0.25, 0.3) is 0 Å². The smallest absolute Gasteiger partial charge is 0.240 e. The number of sulfonamides is 1. The van der Waals surface area contributed by atoms with Crippen LogP contribution in [0.1, 0.15) is 16.8 Å². The molecule has 2 rings (SSSR count). The van der Waals surface area contributed by atoms with E-state index in [1.54, 1.807) is 30.9 Å². The Bertz CT molecular complexity index is 879. The summed E-state index contributed by atoms with van der Waals surface area (Å²) in [7, 11) is 0.00248. The average molecular weight is 506 g/mol. The molecule has 10 heteroatoms. The maximum absolute atomic E-state index is 12.4. The summed E-state index contributed by atoms with van der Waals surface area (Å²) in [4.78, 5) is 4.44. The van der Waals surface area contributed by atoms with Gasteiger partial charge in [0, 0.05) is 33.4 Å². The van der Waals surface area contributed by atoms with E-state index >= 15 is 0 Å². The van der Waals surface area contributed by atoms with Crippen molar-refractivity contribution in [3.8, 4) is 0 Å². The second-order valence-corrected chi connectivity index (χ2v) is 7.70. The molecule has 1 aromatic carbocycles. The van der Waals surface area contributed by atoms with Crippen LogP contribution in [0.5, 0.6) is 0 Å². The maximum atomic E-state index is 12.4. The standard InChI is InChI=1S/C17H26N6O2S.HI/c1-13-5-6-14(2)16(11-13)26(24,25)22-10-9-19-17(18-3)20-12-15-7-8-21-23(15)4;/h5-8,11,22H,9-10,12H2,1-4H3,(H2,18,19,20);1H. The van der Waals surface area contributed by atoms with E-state index in [1.807, 2.05) is 32.2 Å². The predicted molar refractivity (Wildman–Crippen MR) is 118 cm³/mol. The number of aromatic nitrogens is 2. The zero-order chi connectivity index (χ0) is 19.2. The van der Waals surface area contributed by atoms with Crippen molar-refractivity contribution in [1.82, 2.24) is 25.1 Å². The molecule has 0 aliphatic rings. The molecule has 8 nitrogen and oxygen atoms in total. The molecule has 0 amide bonds. The Hall–Kier alpha value is -1.66. The minimum absolute atomic E-state index is 0. The van der Waals surface area contributed by atoms with Crippen molar-refractivity contribution >= 4 is 40.0 Å². The Labute approximate surface area is 177 Å². The Morgan fingerprint density at radius 1 is 1.19 bits per heavy atom. The van der Waals surface area contributed by atoms with Crippen LogP contribution in [0.4, 0.5) is 0 Å². The highest BCUT2D eigenvalue weighted by Gasteiger charge is 2.16. The molecule has 0 saturated carbocycles. The summed E-state index contributed by atoms with van der Waals surface area (Å²) >= 11 is 0. The maximum Gasteiger partial charge on any atom is 0.240 e. The zero-order valence-electron chi connectivity index (χ0n) is 16.0. The molecular weight excluding hydrogens is 479 g/mol. The van der Waals surface area contributed by atoms with Gasteiger partial charge in [-0.1, -0.05) is 12.1 Å². The third-order valence-corrected chi connectivity index (χ3v) is 5.53. The van der Waals surface area contributed by atoms with Gasteiger partial charge in [0.15, 0.2) is 5.96 Å². The van der Waals surface area contributed by atoms with Gasteiger partial charge >= 0.3 is 0 Å². The Kier molecular flexibility index (Phi) is 9.19. The number of rotatable bonds is 7. The van der Waals surface area contributed by atoms with Crippen molar-refractivity contribution in [3.63, 3.8) is 0 Å². The molecule has 0 fully saturated rings. The van der Waals surface area contributed by atoms with E-state index in [0.29, 0.717) is 23.9 Å². The molecule has 2 aromatic rings. The van der Waals surface area contributed by atoms with Crippen molar-refractivity contribution in [2.45, 2.75) is 25.3 Å². The van der Waals surface area contributed by atoms with E-state index in [4.69, 9.17) is 0 Å². The van der Waals surface area contributed by atoms with Gasteiger partial charge in [-0.15, -0.1) is 24.0 Å². The molecule has 0 radical (unpaired) electrons. The van der Waals surface area contributed by atoms with Crippen molar-refractivity contribution in [2.75, 3.05) is 20.1 Å².